The molecule has 1 atom stereocenters. The summed E-state index contributed by atoms with van der Waals surface area (Å²) >= 11 is 0. The Balaban J connectivity index is 2.83. The highest BCUT2D eigenvalue weighted by molar-refractivity contribution is 5.32. The van der Waals surface area contributed by atoms with Crippen molar-refractivity contribution < 1.29 is 5.11 Å². The van der Waals surface area contributed by atoms with Gasteiger partial charge in [-0.3, -0.25) is 4.90 Å². The van der Waals surface area contributed by atoms with E-state index in [1.54, 1.807) is 0 Å². The summed E-state index contributed by atoms with van der Waals surface area (Å²) < 4.78 is 0. The van der Waals surface area contributed by atoms with E-state index in [-0.39, 0.29) is 6.04 Å². The molecular weight excluding hydrogens is 224 g/mol. The zero-order valence-corrected chi connectivity index (χ0v) is 11.6. The molecule has 1 N–H and O–H groups in total. The number of hydrogen-bond donors (Lipinski definition) is 1. The zero-order chi connectivity index (χ0) is 13.8. The van der Waals surface area contributed by atoms with Crippen molar-refractivity contribution in [1.82, 2.24) is 4.90 Å². The lowest BCUT2D eigenvalue weighted by atomic mass is 10.0. The summed E-state index contributed by atoms with van der Waals surface area (Å²) in [5.41, 5.74) is 1.15. The lowest BCUT2D eigenvalue weighted by molar-refractivity contribution is 0.0249. The monoisotopic (exact) mass is 246 g/mol. The molecule has 18 heavy (non-hydrogen) atoms. The minimum absolute atomic E-state index is 0.231. The highest BCUT2D eigenvalue weighted by Gasteiger charge is 2.21. The van der Waals surface area contributed by atoms with Crippen molar-refractivity contribution in [3.8, 4) is 6.07 Å². The average Bonchev–Trinajstić information content (AvgIpc) is 2.34. The molecule has 1 aromatic carbocycles. The second-order valence-corrected chi connectivity index (χ2v) is 5.29. The van der Waals surface area contributed by atoms with Crippen LogP contribution in [0.4, 0.5) is 0 Å². The van der Waals surface area contributed by atoms with Gasteiger partial charge in [0.1, 0.15) is 0 Å². The molecular formula is C15H22N2O. The Morgan fingerprint density at radius 3 is 2.28 bits per heavy atom. The molecule has 0 bridgehead atoms. The standard InChI is InChI=1S/C15H22N2O/c1-5-17(11-15(3,4)18)12(2)14-8-6-13(10-16)7-9-14/h6-9,12,18H,5,11H2,1-4H3. The van der Waals surface area contributed by atoms with E-state index in [2.05, 4.69) is 24.8 Å². The summed E-state index contributed by atoms with van der Waals surface area (Å²) in [5, 5.41) is 18.7. The first-order chi connectivity index (χ1) is 8.37. The molecule has 0 saturated carbocycles. The molecule has 0 spiro atoms. The van der Waals surface area contributed by atoms with Gasteiger partial charge in [0.2, 0.25) is 0 Å². The lowest BCUT2D eigenvalue weighted by Gasteiger charge is -2.33. The van der Waals surface area contributed by atoms with Crippen LogP contribution in [0, 0.1) is 11.3 Å². The number of rotatable bonds is 5. The molecule has 1 unspecified atom stereocenters. The van der Waals surface area contributed by atoms with Crippen molar-refractivity contribution in [1.29, 1.82) is 5.26 Å². The van der Waals surface area contributed by atoms with E-state index in [0.717, 1.165) is 6.54 Å². The van der Waals surface area contributed by atoms with Gasteiger partial charge in [-0.25, -0.2) is 0 Å². The molecule has 0 amide bonds. The molecule has 0 fully saturated rings. The van der Waals surface area contributed by atoms with Crippen LogP contribution in [0.25, 0.3) is 0 Å². The maximum absolute atomic E-state index is 9.91. The number of aliphatic hydroxyl groups is 1. The molecule has 0 aliphatic heterocycles. The lowest BCUT2D eigenvalue weighted by Crippen LogP contribution is -2.39. The van der Waals surface area contributed by atoms with Crippen molar-refractivity contribution in [2.45, 2.75) is 39.3 Å². The number of nitriles is 1. The predicted molar refractivity (Wildman–Crippen MR) is 73.1 cm³/mol. The van der Waals surface area contributed by atoms with Crippen molar-refractivity contribution in [3.05, 3.63) is 35.4 Å². The molecule has 0 aliphatic carbocycles. The predicted octanol–water partition coefficient (Wildman–Crippen LogP) is 2.71. The molecule has 0 aliphatic rings. The highest BCUT2D eigenvalue weighted by atomic mass is 16.3. The van der Waals surface area contributed by atoms with Gasteiger partial charge in [-0.15, -0.1) is 0 Å². The van der Waals surface area contributed by atoms with Gasteiger partial charge in [-0.1, -0.05) is 19.1 Å². The van der Waals surface area contributed by atoms with E-state index in [9.17, 15) is 5.11 Å². The second kappa shape index (κ2) is 5.99. The van der Waals surface area contributed by atoms with Gasteiger partial charge in [0, 0.05) is 12.6 Å². The van der Waals surface area contributed by atoms with E-state index in [1.807, 2.05) is 38.1 Å². The van der Waals surface area contributed by atoms with Crippen LogP contribution in [0.5, 0.6) is 0 Å². The van der Waals surface area contributed by atoms with Crippen LogP contribution >= 0.6 is 0 Å². The quantitative estimate of drug-likeness (QED) is 0.869. The fourth-order valence-corrected chi connectivity index (χ4v) is 2.07. The Bertz CT molecular complexity index is 412. The van der Waals surface area contributed by atoms with Crippen LogP contribution in [0.3, 0.4) is 0 Å². The van der Waals surface area contributed by atoms with Crippen molar-refractivity contribution in [3.63, 3.8) is 0 Å². The number of nitrogens with zero attached hydrogens (tertiary/aromatic N) is 2. The van der Waals surface area contributed by atoms with Crippen LogP contribution in [0.1, 0.15) is 44.9 Å². The Morgan fingerprint density at radius 2 is 1.89 bits per heavy atom. The average molecular weight is 246 g/mol. The van der Waals surface area contributed by atoms with Gasteiger partial charge in [-0.05, 0) is 45.0 Å². The molecule has 0 aromatic heterocycles. The maximum Gasteiger partial charge on any atom is 0.0991 e. The molecule has 98 valence electrons. The fraction of sp³-hybridized carbons (Fsp3) is 0.533. The molecule has 3 nitrogen and oxygen atoms in total. The molecule has 0 heterocycles. The summed E-state index contributed by atoms with van der Waals surface area (Å²) in [6, 6.07) is 9.99. The highest BCUT2D eigenvalue weighted by Crippen LogP contribution is 2.22. The van der Waals surface area contributed by atoms with Crippen LogP contribution in [-0.2, 0) is 0 Å². The van der Waals surface area contributed by atoms with E-state index in [1.165, 1.54) is 5.56 Å². The maximum atomic E-state index is 9.91. The van der Waals surface area contributed by atoms with Gasteiger partial charge in [-0.2, -0.15) is 5.26 Å². The number of likely N-dealkylation sites (N-methyl/N-ethyl adjacent to an activating group) is 1. The molecule has 1 aromatic rings. The second-order valence-electron chi connectivity index (χ2n) is 5.29. The van der Waals surface area contributed by atoms with E-state index >= 15 is 0 Å². The number of benzene rings is 1. The van der Waals surface area contributed by atoms with Crippen molar-refractivity contribution in [2.24, 2.45) is 0 Å². The Labute approximate surface area is 110 Å². The Hall–Kier alpha value is -1.37. The van der Waals surface area contributed by atoms with Crippen molar-refractivity contribution in [2.75, 3.05) is 13.1 Å². The Morgan fingerprint density at radius 1 is 1.33 bits per heavy atom. The summed E-state index contributed by atoms with van der Waals surface area (Å²) in [6.07, 6.45) is 0. The van der Waals surface area contributed by atoms with Crippen molar-refractivity contribution >= 4 is 0 Å². The van der Waals surface area contributed by atoms with Crippen LogP contribution in [0.15, 0.2) is 24.3 Å². The number of hydrogen-bond acceptors (Lipinski definition) is 3. The van der Waals surface area contributed by atoms with Gasteiger partial charge in [0.15, 0.2) is 0 Å². The summed E-state index contributed by atoms with van der Waals surface area (Å²) in [7, 11) is 0. The Kier molecular flexibility index (Phi) is 4.89. The van der Waals surface area contributed by atoms with Crippen LogP contribution < -0.4 is 0 Å². The summed E-state index contributed by atoms with van der Waals surface area (Å²) in [4.78, 5) is 2.22. The van der Waals surface area contributed by atoms with Gasteiger partial charge >= 0.3 is 0 Å². The topological polar surface area (TPSA) is 47.3 Å². The first kappa shape index (κ1) is 14.7. The van der Waals surface area contributed by atoms with E-state index < -0.39 is 5.60 Å². The van der Waals surface area contributed by atoms with Gasteiger partial charge in [0.05, 0.1) is 17.2 Å². The summed E-state index contributed by atoms with van der Waals surface area (Å²) in [6.45, 7) is 9.36. The van der Waals surface area contributed by atoms with Crippen LogP contribution in [0.2, 0.25) is 0 Å². The third-order valence-corrected chi connectivity index (χ3v) is 3.07. The zero-order valence-electron chi connectivity index (χ0n) is 11.6. The normalized spacial score (nSPS) is 13.4. The van der Waals surface area contributed by atoms with E-state index in [0.29, 0.717) is 12.1 Å². The smallest absolute Gasteiger partial charge is 0.0991 e. The molecule has 1 rings (SSSR count). The molecule has 0 saturated heterocycles. The first-order valence-electron chi connectivity index (χ1n) is 6.34. The van der Waals surface area contributed by atoms with Gasteiger partial charge in [0.25, 0.3) is 0 Å². The third kappa shape index (κ3) is 4.14. The molecule has 3 heteroatoms. The third-order valence-electron chi connectivity index (χ3n) is 3.07. The minimum Gasteiger partial charge on any atom is -0.389 e. The molecule has 0 radical (unpaired) electrons. The SMILES string of the molecule is CCN(CC(C)(C)O)C(C)c1ccc(C#N)cc1. The summed E-state index contributed by atoms with van der Waals surface area (Å²) in [5.74, 6) is 0. The largest absolute Gasteiger partial charge is 0.389 e. The first-order valence-corrected chi connectivity index (χ1v) is 6.34. The minimum atomic E-state index is -0.698. The van der Waals surface area contributed by atoms with Gasteiger partial charge < -0.3 is 5.11 Å². The van der Waals surface area contributed by atoms with Crippen LogP contribution in [-0.4, -0.2) is 28.7 Å². The van der Waals surface area contributed by atoms with E-state index in [4.69, 9.17) is 5.26 Å². The fourth-order valence-electron chi connectivity index (χ4n) is 2.07.